The van der Waals surface area contributed by atoms with Gasteiger partial charge in [-0.1, -0.05) is 39.3 Å². The largest absolute Gasteiger partial charge is 0.393 e. The summed E-state index contributed by atoms with van der Waals surface area (Å²) < 4.78 is 6.86. The topological polar surface area (TPSA) is 61.7 Å². The van der Waals surface area contributed by atoms with Crippen molar-refractivity contribution in [1.29, 1.82) is 0 Å². The van der Waals surface area contributed by atoms with Crippen LogP contribution in [-0.4, -0.2) is 40.8 Å². The van der Waals surface area contributed by atoms with Gasteiger partial charge in [0, 0.05) is 18.4 Å². The molecule has 0 amide bonds. The molecule has 0 bridgehead atoms. The van der Waals surface area contributed by atoms with Crippen LogP contribution in [0.1, 0.15) is 79.1 Å². The Hall–Kier alpha value is -0.420. The molecule has 3 N–H and O–H groups in total. The molecule has 6 aliphatic rings. The van der Waals surface area contributed by atoms with Crippen molar-refractivity contribution in [3.8, 4) is 0 Å². The summed E-state index contributed by atoms with van der Waals surface area (Å²) in [4.78, 5) is 0. The number of aliphatic hydroxyl groups excluding tert-OH is 2. The highest BCUT2D eigenvalue weighted by Gasteiger charge is 2.71. The quantitative estimate of drug-likeness (QED) is 0.504. The third kappa shape index (κ3) is 2.68. The third-order valence-corrected chi connectivity index (χ3v) is 11.6. The van der Waals surface area contributed by atoms with Crippen LogP contribution in [0.15, 0.2) is 11.6 Å². The molecule has 1 spiro atoms. The van der Waals surface area contributed by atoms with Crippen LogP contribution in [0.2, 0.25) is 0 Å². The fourth-order valence-electron chi connectivity index (χ4n) is 9.87. The Labute approximate surface area is 188 Å². The maximum atomic E-state index is 11.8. The van der Waals surface area contributed by atoms with Crippen molar-refractivity contribution >= 4 is 0 Å². The van der Waals surface area contributed by atoms with E-state index >= 15 is 0 Å². The molecule has 4 aliphatic carbocycles. The van der Waals surface area contributed by atoms with Gasteiger partial charge < -0.3 is 14.9 Å². The number of aliphatic hydroxyl groups is 2. The van der Waals surface area contributed by atoms with Crippen molar-refractivity contribution in [2.45, 2.75) is 103 Å². The molecule has 0 aromatic carbocycles. The molecule has 174 valence electrons. The van der Waals surface area contributed by atoms with E-state index in [0.29, 0.717) is 35.5 Å². The first-order valence-corrected chi connectivity index (χ1v) is 13.2. The molecule has 0 radical (unpaired) electrons. The second kappa shape index (κ2) is 6.81. The van der Waals surface area contributed by atoms with Gasteiger partial charge in [0.2, 0.25) is 0 Å². The zero-order chi connectivity index (χ0) is 21.8. The number of hydrogen-bond acceptors (Lipinski definition) is 4. The average Bonchev–Trinajstić information content (AvgIpc) is 3.14. The number of fused-ring (bicyclic) bond motifs is 7. The first kappa shape index (κ1) is 21.1. The van der Waals surface area contributed by atoms with Crippen molar-refractivity contribution in [3.63, 3.8) is 0 Å². The molecule has 12 atom stereocenters. The van der Waals surface area contributed by atoms with E-state index in [9.17, 15) is 10.2 Å². The van der Waals surface area contributed by atoms with Gasteiger partial charge in [-0.3, -0.25) is 5.32 Å². The third-order valence-electron chi connectivity index (χ3n) is 11.6. The van der Waals surface area contributed by atoms with Crippen LogP contribution in [0, 0.1) is 46.3 Å². The van der Waals surface area contributed by atoms with Crippen molar-refractivity contribution in [1.82, 2.24) is 5.32 Å². The predicted molar refractivity (Wildman–Crippen MR) is 121 cm³/mol. The van der Waals surface area contributed by atoms with Gasteiger partial charge >= 0.3 is 0 Å². The van der Waals surface area contributed by atoms with E-state index in [1.54, 1.807) is 0 Å². The van der Waals surface area contributed by atoms with Gasteiger partial charge in [0.1, 0.15) is 5.72 Å². The predicted octanol–water partition coefficient (Wildman–Crippen LogP) is 4.26. The number of piperidine rings is 1. The van der Waals surface area contributed by atoms with Crippen LogP contribution in [0.25, 0.3) is 0 Å². The van der Waals surface area contributed by atoms with Crippen LogP contribution in [0.4, 0.5) is 0 Å². The van der Waals surface area contributed by atoms with Gasteiger partial charge in [-0.15, -0.1) is 0 Å². The van der Waals surface area contributed by atoms with Gasteiger partial charge in [-0.05, 0) is 85.9 Å². The Morgan fingerprint density at radius 3 is 2.58 bits per heavy atom. The monoisotopic (exact) mass is 429 g/mol. The first-order valence-electron chi connectivity index (χ1n) is 13.2. The number of hydrogen-bond donors (Lipinski definition) is 3. The summed E-state index contributed by atoms with van der Waals surface area (Å²) in [6, 6.07) is 0. The summed E-state index contributed by atoms with van der Waals surface area (Å²) in [6.45, 7) is 10.7. The Kier molecular flexibility index (Phi) is 4.64. The molecule has 31 heavy (non-hydrogen) atoms. The minimum absolute atomic E-state index is 0.0176. The normalized spacial score (nSPS) is 60.7. The van der Waals surface area contributed by atoms with Gasteiger partial charge in [0.25, 0.3) is 0 Å². The number of rotatable bonds is 0. The van der Waals surface area contributed by atoms with Gasteiger partial charge in [0.15, 0.2) is 0 Å². The summed E-state index contributed by atoms with van der Waals surface area (Å²) in [5, 5.41) is 25.8. The van der Waals surface area contributed by atoms with E-state index in [2.05, 4.69) is 39.1 Å². The second-order valence-electron chi connectivity index (χ2n) is 12.9. The lowest BCUT2D eigenvalue weighted by Crippen LogP contribution is -2.58. The van der Waals surface area contributed by atoms with E-state index in [-0.39, 0.29) is 34.9 Å². The molecular formula is C27H43NO3. The molecule has 2 aliphatic heterocycles. The molecule has 0 aromatic heterocycles. The van der Waals surface area contributed by atoms with Gasteiger partial charge in [-0.2, -0.15) is 0 Å². The van der Waals surface area contributed by atoms with Gasteiger partial charge in [0.05, 0.1) is 18.3 Å². The molecule has 4 nitrogen and oxygen atoms in total. The highest BCUT2D eigenvalue weighted by atomic mass is 16.5. The Balaban J connectivity index is 1.32. The molecule has 4 heteroatoms. The highest BCUT2D eigenvalue weighted by Crippen LogP contribution is 2.70. The van der Waals surface area contributed by atoms with Crippen molar-refractivity contribution in [3.05, 3.63) is 11.6 Å². The Bertz CT molecular complexity index is 772. The first-order chi connectivity index (χ1) is 14.7. The maximum Gasteiger partial charge on any atom is 0.122 e. The highest BCUT2D eigenvalue weighted by molar-refractivity contribution is 5.27. The fraction of sp³-hybridized carbons (Fsp3) is 0.926. The number of ether oxygens (including phenoxy) is 1. The SMILES string of the molecule is C[C@@H]1CC[C@@]2(NC1)O[C@H]1[C@H](O)[C@H]3[C@@H]4CC=C5C[C@@H](O)CC[C@]5(C)[C@H]4CC[C@]3(C)[C@H]1[C@@H]2C. The smallest absolute Gasteiger partial charge is 0.122 e. The van der Waals surface area contributed by atoms with E-state index in [1.165, 1.54) is 24.8 Å². The minimum Gasteiger partial charge on any atom is -0.393 e. The molecule has 5 fully saturated rings. The molecule has 3 saturated carbocycles. The maximum absolute atomic E-state index is 11.8. The Morgan fingerprint density at radius 2 is 1.84 bits per heavy atom. The fourth-order valence-corrected chi connectivity index (χ4v) is 9.87. The second-order valence-corrected chi connectivity index (χ2v) is 12.9. The standard InChI is InChI=1S/C27H43NO3/c1-15-7-12-27(28-14-15)16(2)21-24(31-27)23(30)22-19-6-5-17-13-18(29)8-10-25(17,3)20(19)9-11-26(21,22)4/h5,15-16,18-24,28-30H,6-14H2,1-4H3/t15-,16+,18+,19-,20+,21+,22-,23-,24-,25+,26-,27-/m1/s1. The van der Waals surface area contributed by atoms with Crippen LogP contribution >= 0.6 is 0 Å². The summed E-state index contributed by atoms with van der Waals surface area (Å²) in [7, 11) is 0. The summed E-state index contributed by atoms with van der Waals surface area (Å²) in [5.74, 6) is 3.13. The molecule has 6 rings (SSSR count). The van der Waals surface area contributed by atoms with E-state index in [1.807, 2.05) is 0 Å². The Morgan fingerprint density at radius 1 is 1.03 bits per heavy atom. The van der Waals surface area contributed by atoms with Crippen LogP contribution < -0.4 is 5.32 Å². The van der Waals surface area contributed by atoms with Crippen molar-refractivity contribution in [2.24, 2.45) is 46.3 Å². The minimum atomic E-state index is -0.349. The van der Waals surface area contributed by atoms with Crippen LogP contribution in [-0.2, 0) is 4.74 Å². The average molecular weight is 430 g/mol. The molecular weight excluding hydrogens is 386 g/mol. The molecule has 0 unspecified atom stereocenters. The lowest BCUT2D eigenvalue weighted by atomic mass is 9.46. The van der Waals surface area contributed by atoms with Crippen LogP contribution in [0.3, 0.4) is 0 Å². The molecule has 2 saturated heterocycles. The zero-order valence-electron chi connectivity index (χ0n) is 19.9. The van der Waals surface area contributed by atoms with E-state index in [4.69, 9.17) is 4.74 Å². The zero-order valence-corrected chi connectivity index (χ0v) is 19.9. The summed E-state index contributed by atoms with van der Waals surface area (Å²) in [5.41, 5.74) is 1.66. The molecule has 0 aromatic rings. The summed E-state index contributed by atoms with van der Waals surface area (Å²) in [6.07, 6.45) is 10.7. The van der Waals surface area contributed by atoms with Gasteiger partial charge in [-0.25, -0.2) is 0 Å². The molecule has 2 heterocycles. The van der Waals surface area contributed by atoms with Crippen molar-refractivity contribution < 1.29 is 14.9 Å². The lowest BCUT2D eigenvalue weighted by molar-refractivity contribution is -0.152. The summed E-state index contributed by atoms with van der Waals surface area (Å²) >= 11 is 0. The van der Waals surface area contributed by atoms with E-state index in [0.717, 1.165) is 38.6 Å². The van der Waals surface area contributed by atoms with E-state index < -0.39 is 0 Å². The lowest BCUT2D eigenvalue weighted by Gasteiger charge is -2.58. The van der Waals surface area contributed by atoms with Crippen LogP contribution in [0.5, 0.6) is 0 Å². The van der Waals surface area contributed by atoms with Crippen molar-refractivity contribution in [2.75, 3.05) is 6.54 Å². The number of allylic oxidation sites excluding steroid dienone is 1. The number of nitrogens with one attached hydrogen (secondary N) is 1.